The first-order chi connectivity index (χ1) is 27.2. The van der Waals surface area contributed by atoms with Crippen LogP contribution in [-0.4, -0.2) is 113 Å². The van der Waals surface area contributed by atoms with Gasteiger partial charge in [-0.05, 0) is 52.5 Å². The Kier molecular flexibility index (Phi) is 19.3. The number of hydrogen-bond donors (Lipinski definition) is 5. The minimum Gasteiger partial charge on any atom is -0.490 e. The van der Waals surface area contributed by atoms with Crippen LogP contribution in [0.5, 0.6) is 0 Å². The fourth-order valence-electron chi connectivity index (χ4n) is 8.76. The van der Waals surface area contributed by atoms with E-state index in [-0.39, 0.29) is 47.9 Å². The van der Waals surface area contributed by atoms with Crippen LogP contribution in [0.1, 0.15) is 102 Å². The molecule has 3 rings (SSSR count). The first-order valence-corrected chi connectivity index (χ1v) is 21.3. The molecule has 0 saturated carbocycles. The molecule has 12 heteroatoms. The topological polar surface area (TPSA) is 174 Å². The lowest BCUT2D eigenvalue weighted by Gasteiger charge is -2.50. The summed E-state index contributed by atoms with van der Waals surface area (Å²) in [6.45, 7) is 20.7. The summed E-state index contributed by atoms with van der Waals surface area (Å²) in [7, 11) is 2.86. The number of rotatable bonds is 10. The van der Waals surface area contributed by atoms with E-state index in [9.17, 15) is 30.3 Å². The van der Waals surface area contributed by atoms with E-state index in [1.807, 2.05) is 79.7 Å². The van der Waals surface area contributed by atoms with E-state index in [2.05, 4.69) is 0 Å². The van der Waals surface area contributed by atoms with Crippen LogP contribution in [0.15, 0.2) is 59.4 Å². The number of aliphatic hydroxyl groups excluding tert-OH is 4. The fourth-order valence-corrected chi connectivity index (χ4v) is 8.76. The molecule has 3 aliphatic heterocycles. The van der Waals surface area contributed by atoms with Crippen LogP contribution in [0.3, 0.4) is 0 Å². The van der Waals surface area contributed by atoms with Gasteiger partial charge in [-0.3, -0.25) is 0 Å². The minimum atomic E-state index is -1.88. The van der Waals surface area contributed by atoms with E-state index in [0.29, 0.717) is 24.8 Å². The molecule has 0 aromatic rings. The summed E-state index contributed by atoms with van der Waals surface area (Å²) in [6, 6.07) is 0. The number of carbonyl (C=O) groups is 1. The molecule has 0 bridgehead atoms. The number of methoxy groups -OCH3 is 2. The Morgan fingerprint density at radius 1 is 1.03 bits per heavy atom. The third kappa shape index (κ3) is 12.6. The van der Waals surface area contributed by atoms with Gasteiger partial charge in [-0.25, -0.2) is 4.79 Å². The van der Waals surface area contributed by atoms with Crippen molar-refractivity contribution in [1.29, 1.82) is 0 Å². The van der Waals surface area contributed by atoms with Gasteiger partial charge in [-0.2, -0.15) is 0 Å². The largest absolute Gasteiger partial charge is 0.490 e. The molecule has 3 heterocycles. The van der Waals surface area contributed by atoms with Crippen molar-refractivity contribution < 1.29 is 58.7 Å². The van der Waals surface area contributed by atoms with Crippen molar-refractivity contribution in [2.24, 2.45) is 41.4 Å². The van der Waals surface area contributed by atoms with Gasteiger partial charge in [-0.1, -0.05) is 96.1 Å². The zero-order valence-corrected chi connectivity index (χ0v) is 37.3. The zero-order valence-electron chi connectivity index (χ0n) is 37.3. The Hall–Kier alpha value is -2.39. The average molecular weight is 821 g/mol. The Balaban J connectivity index is 2.02. The van der Waals surface area contributed by atoms with E-state index in [1.165, 1.54) is 20.3 Å². The second-order valence-corrected chi connectivity index (χ2v) is 17.4. The smallest absolute Gasteiger partial charge is 0.373 e. The molecule has 4 unspecified atom stereocenters. The predicted molar refractivity (Wildman–Crippen MR) is 223 cm³/mol. The van der Waals surface area contributed by atoms with Crippen molar-refractivity contribution >= 4 is 5.97 Å². The molecule has 2 fully saturated rings. The van der Waals surface area contributed by atoms with Crippen LogP contribution in [0, 0.1) is 41.4 Å². The number of cyclic esters (lactones) is 1. The summed E-state index contributed by atoms with van der Waals surface area (Å²) in [5, 5.41) is 57.9. The second kappa shape index (κ2) is 22.5. The summed E-state index contributed by atoms with van der Waals surface area (Å²) < 4.78 is 36.6. The predicted octanol–water partition coefficient (Wildman–Crippen LogP) is 6.16. The van der Waals surface area contributed by atoms with E-state index in [0.717, 1.165) is 5.57 Å². The number of esters is 1. The zero-order chi connectivity index (χ0) is 43.6. The normalized spacial score (nSPS) is 43.9. The van der Waals surface area contributed by atoms with E-state index >= 15 is 0 Å². The Morgan fingerprint density at radius 3 is 2.29 bits per heavy atom. The van der Waals surface area contributed by atoms with Crippen LogP contribution in [-0.2, 0) is 33.2 Å². The molecule has 2 saturated heterocycles. The molecule has 58 heavy (non-hydrogen) atoms. The van der Waals surface area contributed by atoms with Gasteiger partial charge < -0.3 is 54.0 Å². The molecule has 18 atom stereocenters. The lowest BCUT2D eigenvalue weighted by Crippen LogP contribution is -2.59. The highest BCUT2D eigenvalue weighted by atomic mass is 16.7. The first-order valence-electron chi connectivity index (χ1n) is 21.3. The number of allylic oxidation sites excluding steroid dienone is 6. The van der Waals surface area contributed by atoms with Crippen LogP contribution < -0.4 is 0 Å². The van der Waals surface area contributed by atoms with Gasteiger partial charge in [0.05, 0.1) is 49.8 Å². The molecule has 0 aromatic heterocycles. The maximum absolute atomic E-state index is 13.9. The van der Waals surface area contributed by atoms with E-state index in [1.54, 1.807) is 32.9 Å². The molecule has 5 N–H and O–H groups in total. The van der Waals surface area contributed by atoms with Gasteiger partial charge in [0.1, 0.15) is 12.2 Å². The van der Waals surface area contributed by atoms with Gasteiger partial charge in [0.25, 0.3) is 0 Å². The average Bonchev–Trinajstić information content (AvgIpc) is 3.17. The fraction of sp³-hybridized carbons (Fsp3) is 0.761. The van der Waals surface area contributed by atoms with E-state index in [4.69, 9.17) is 28.4 Å². The molecule has 0 aromatic carbocycles. The Bertz CT molecular complexity index is 1440. The standard InChI is InChI=1S/C46H76O12/c1-14-17-36-30(8)39(56-40-23-35(47)29(7)33(11)55-40)24-46(52,58-36)32(10)43(50)31(9)44-37(53-12)19-16-18-25(3)20-27(5)41(48)34(15-2)42(49)28(6)21-26(4)22-38(54-13)45(51)57-44/h14,16-19,21-22,27-37,39-44,47-50,52H,15,20,23-24H2,1-13H3/b17-14+,19-16+,25-18+,26-21+,38-22-/t27-,28-,29?,30-,31+,32+,33?,34+,35?,36-,37+,39-,40?,41+,42-,43-,44-,46-/m1/s1. The van der Waals surface area contributed by atoms with Crippen molar-refractivity contribution in [2.75, 3.05) is 14.2 Å². The molecular formula is C46H76O12. The highest BCUT2D eigenvalue weighted by Gasteiger charge is 2.52. The van der Waals surface area contributed by atoms with Crippen molar-refractivity contribution in [3.63, 3.8) is 0 Å². The highest BCUT2D eigenvalue weighted by Crippen LogP contribution is 2.42. The molecule has 12 nitrogen and oxygen atoms in total. The van der Waals surface area contributed by atoms with Crippen molar-refractivity contribution in [1.82, 2.24) is 0 Å². The van der Waals surface area contributed by atoms with Gasteiger partial charge in [-0.15, -0.1) is 0 Å². The van der Waals surface area contributed by atoms with Gasteiger partial charge >= 0.3 is 5.97 Å². The van der Waals surface area contributed by atoms with Gasteiger partial charge in [0.2, 0.25) is 5.76 Å². The monoisotopic (exact) mass is 821 g/mol. The molecular weight excluding hydrogens is 744 g/mol. The molecule has 3 aliphatic rings. The second-order valence-electron chi connectivity index (χ2n) is 17.4. The van der Waals surface area contributed by atoms with Crippen molar-refractivity contribution in [2.45, 2.75) is 169 Å². The number of hydrogen-bond acceptors (Lipinski definition) is 12. The molecule has 0 aliphatic carbocycles. The van der Waals surface area contributed by atoms with Crippen LogP contribution in [0.2, 0.25) is 0 Å². The maximum Gasteiger partial charge on any atom is 0.373 e. The quantitative estimate of drug-likeness (QED) is 0.126. The molecule has 0 amide bonds. The summed E-state index contributed by atoms with van der Waals surface area (Å²) in [6.07, 6.45) is 6.62. The molecule has 0 radical (unpaired) electrons. The lowest BCUT2D eigenvalue weighted by atomic mass is 9.77. The molecule has 332 valence electrons. The SMILES string of the molecule is C/C=C/[C@H]1O[C@@](O)([C@@H](C)[C@H](O)[C@H](C)[C@H]2OC(=O)/C(OC)=C/C(C)=C/[C@@H](C)[C@@H](O)[C@@H](CC)[C@@H](O)[C@H](C)C/C(C)=C/C=C/[C@@H]2OC)C[C@@H](OC2CC(O)C(C)C(C)O2)[C@@H]1C. The Morgan fingerprint density at radius 2 is 1.71 bits per heavy atom. The van der Waals surface area contributed by atoms with Gasteiger partial charge in [0.15, 0.2) is 12.1 Å². The summed E-state index contributed by atoms with van der Waals surface area (Å²) in [5.74, 6) is -5.59. The highest BCUT2D eigenvalue weighted by molar-refractivity contribution is 5.87. The van der Waals surface area contributed by atoms with Crippen molar-refractivity contribution in [3.05, 3.63) is 59.4 Å². The maximum atomic E-state index is 13.9. The number of ether oxygens (including phenoxy) is 6. The van der Waals surface area contributed by atoms with Gasteiger partial charge in [0, 0.05) is 55.5 Å². The summed E-state index contributed by atoms with van der Waals surface area (Å²) in [4.78, 5) is 13.9. The first kappa shape index (κ1) is 50.0. The number of aliphatic hydroxyl groups is 5. The van der Waals surface area contributed by atoms with Crippen LogP contribution in [0.4, 0.5) is 0 Å². The van der Waals surface area contributed by atoms with Crippen molar-refractivity contribution in [3.8, 4) is 0 Å². The summed E-state index contributed by atoms with van der Waals surface area (Å²) in [5.41, 5.74) is 1.64. The van der Waals surface area contributed by atoms with Crippen LogP contribution >= 0.6 is 0 Å². The summed E-state index contributed by atoms with van der Waals surface area (Å²) >= 11 is 0. The molecule has 0 spiro atoms. The van der Waals surface area contributed by atoms with Crippen LogP contribution in [0.25, 0.3) is 0 Å². The third-order valence-electron chi connectivity index (χ3n) is 13.0. The number of carbonyl (C=O) groups excluding carboxylic acids is 1. The minimum absolute atomic E-state index is 0.0105. The third-order valence-corrected chi connectivity index (χ3v) is 13.0. The van der Waals surface area contributed by atoms with E-state index < -0.39 is 78.7 Å². The Labute approximate surface area is 348 Å². The lowest BCUT2D eigenvalue weighted by molar-refractivity contribution is -0.337.